The first-order valence-corrected chi connectivity index (χ1v) is 16.2. The molecule has 0 aliphatic carbocycles. The van der Waals surface area contributed by atoms with Gasteiger partial charge in [0.15, 0.2) is 5.60 Å². The van der Waals surface area contributed by atoms with Crippen molar-refractivity contribution in [2.45, 2.75) is 109 Å². The summed E-state index contributed by atoms with van der Waals surface area (Å²) in [5.74, 6) is 1.67. The van der Waals surface area contributed by atoms with Crippen molar-refractivity contribution in [1.82, 2.24) is 5.32 Å². The van der Waals surface area contributed by atoms with E-state index in [0.29, 0.717) is 36.4 Å². The predicted octanol–water partition coefficient (Wildman–Crippen LogP) is 5.19. The largest absolute Gasteiger partial charge is 0.481 e. The molecule has 0 unspecified atom stereocenters. The second kappa shape index (κ2) is 23.6. The fourth-order valence-corrected chi connectivity index (χ4v) is 4.94. The lowest BCUT2D eigenvalue weighted by molar-refractivity contribution is -0.173. The molecule has 10 heteroatoms. The first-order valence-electron chi connectivity index (χ1n) is 16.2. The third-order valence-electron chi connectivity index (χ3n) is 7.65. The highest BCUT2D eigenvalue weighted by atomic mass is 16.5. The Kier molecular flexibility index (Phi) is 20.7. The lowest BCUT2D eigenvalue weighted by Crippen LogP contribution is -2.56. The molecule has 3 atom stereocenters. The Hall–Kier alpha value is -3.68. The van der Waals surface area contributed by atoms with Crippen LogP contribution in [-0.2, 0) is 35.1 Å². The van der Waals surface area contributed by atoms with Crippen LogP contribution < -0.4 is 10.1 Å². The highest BCUT2D eigenvalue weighted by Gasteiger charge is 2.47. The van der Waals surface area contributed by atoms with Gasteiger partial charge in [-0.2, -0.15) is 0 Å². The molecule has 0 spiro atoms. The van der Waals surface area contributed by atoms with Crippen molar-refractivity contribution in [3.8, 4) is 17.6 Å². The normalized spacial score (nSPS) is 13.6. The van der Waals surface area contributed by atoms with Gasteiger partial charge in [0.05, 0.1) is 19.6 Å². The highest BCUT2D eigenvalue weighted by molar-refractivity contribution is 5.93. The maximum atomic E-state index is 13.5. The van der Waals surface area contributed by atoms with E-state index in [2.05, 4.69) is 24.1 Å². The lowest BCUT2D eigenvalue weighted by Gasteiger charge is -2.30. The molecule has 0 heterocycles. The Morgan fingerprint density at radius 2 is 1.59 bits per heavy atom. The zero-order valence-electron chi connectivity index (χ0n) is 28.0. The third kappa shape index (κ3) is 15.5. The topological polar surface area (TPSA) is 148 Å². The van der Waals surface area contributed by atoms with E-state index in [9.17, 15) is 29.4 Å². The van der Waals surface area contributed by atoms with Crippen LogP contribution in [0.25, 0.3) is 0 Å². The van der Waals surface area contributed by atoms with Crippen LogP contribution in [0, 0.1) is 17.8 Å². The number of benzene rings is 1. The molecule has 10 nitrogen and oxygen atoms in total. The molecule has 0 saturated heterocycles. The van der Waals surface area contributed by atoms with E-state index in [1.807, 2.05) is 0 Å². The van der Waals surface area contributed by atoms with Crippen LogP contribution in [0.3, 0.4) is 0 Å². The van der Waals surface area contributed by atoms with Gasteiger partial charge in [-0.15, -0.1) is 5.92 Å². The van der Waals surface area contributed by atoms with Crippen LogP contribution in [0.2, 0.25) is 0 Å². The number of allylic oxidation sites excluding steroid dienone is 1. The van der Waals surface area contributed by atoms with Crippen LogP contribution in [0.1, 0.15) is 96.5 Å². The number of amides is 1. The first kappa shape index (κ1) is 40.3. The zero-order valence-corrected chi connectivity index (χ0v) is 28.0. The number of hydrogen-bond donors (Lipinski definition) is 3. The van der Waals surface area contributed by atoms with E-state index >= 15 is 0 Å². The van der Waals surface area contributed by atoms with Crippen molar-refractivity contribution in [2.24, 2.45) is 5.92 Å². The lowest BCUT2D eigenvalue weighted by atomic mass is 9.86. The number of aliphatic carboxylic acids is 1. The molecule has 0 aliphatic heterocycles. The van der Waals surface area contributed by atoms with Crippen molar-refractivity contribution >= 4 is 23.6 Å². The van der Waals surface area contributed by atoms with Gasteiger partial charge in [0.1, 0.15) is 24.2 Å². The number of carboxylic acid groups (broad SMARTS) is 1. The van der Waals surface area contributed by atoms with Crippen LogP contribution in [-0.4, -0.2) is 72.9 Å². The number of carbonyl (C=O) groups is 4. The molecular weight excluding hydrogens is 590 g/mol. The van der Waals surface area contributed by atoms with Crippen LogP contribution in [0.5, 0.6) is 5.75 Å². The van der Waals surface area contributed by atoms with E-state index in [4.69, 9.17) is 14.2 Å². The number of unbranched alkanes of at least 4 members (excludes halogenated alkanes) is 8. The first-order chi connectivity index (χ1) is 22.1. The molecule has 46 heavy (non-hydrogen) atoms. The van der Waals surface area contributed by atoms with Gasteiger partial charge in [-0.3, -0.25) is 9.59 Å². The van der Waals surface area contributed by atoms with Gasteiger partial charge >= 0.3 is 11.9 Å². The molecular formula is C36H53NO9. The highest BCUT2D eigenvalue weighted by Crippen LogP contribution is 2.23. The number of aliphatic hydroxyl groups is 1. The predicted molar refractivity (Wildman–Crippen MR) is 176 cm³/mol. The van der Waals surface area contributed by atoms with E-state index in [1.54, 1.807) is 37.3 Å². The molecule has 1 rings (SSSR count). The second-order valence-electron chi connectivity index (χ2n) is 11.4. The molecule has 1 amide bonds. The number of hydrogen-bond acceptors (Lipinski definition) is 8. The van der Waals surface area contributed by atoms with Gasteiger partial charge < -0.3 is 29.7 Å². The summed E-state index contributed by atoms with van der Waals surface area (Å²) >= 11 is 0. The van der Waals surface area contributed by atoms with Crippen molar-refractivity contribution < 1.29 is 43.6 Å². The van der Waals surface area contributed by atoms with Gasteiger partial charge in [-0.25, -0.2) is 9.59 Å². The van der Waals surface area contributed by atoms with E-state index in [0.717, 1.165) is 38.5 Å². The molecule has 0 aromatic heterocycles. The van der Waals surface area contributed by atoms with Gasteiger partial charge in [-0.1, -0.05) is 75.7 Å². The monoisotopic (exact) mass is 643 g/mol. The van der Waals surface area contributed by atoms with Gasteiger partial charge in [0.25, 0.3) is 0 Å². The van der Waals surface area contributed by atoms with Crippen molar-refractivity contribution in [2.75, 3.05) is 27.4 Å². The minimum absolute atomic E-state index is 0.0566. The Balaban J connectivity index is 2.82. The summed E-state index contributed by atoms with van der Waals surface area (Å²) in [6, 6.07) is 5.74. The molecule has 0 bridgehead atoms. The van der Waals surface area contributed by atoms with E-state index in [1.165, 1.54) is 39.6 Å². The number of ketones is 1. The summed E-state index contributed by atoms with van der Waals surface area (Å²) in [5.41, 5.74) is -1.89. The molecule has 1 aromatic carbocycles. The summed E-state index contributed by atoms with van der Waals surface area (Å²) in [4.78, 5) is 50.3. The number of Topliss-reactive ketones (excluding diaryl/α,β-unsaturated/α-hetero) is 1. The molecule has 0 saturated carbocycles. The maximum Gasteiger partial charge on any atom is 0.339 e. The second-order valence-corrected chi connectivity index (χ2v) is 11.4. The molecule has 3 N–H and O–H groups in total. The van der Waals surface area contributed by atoms with Gasteiger partial charge in [0, 0.05) is 26.4 Å². The SMILES string of the molecule is CC#CCOc1ccc(C[C@H](NC(=O)[C@@H](C=CCCCCCCC(=O)CCCCCCC)[C@@](O)(COC)C(=O)O)C(=O)OC)cc1. The Morgan fingerprint density at radius 1 is 0.957 bits per heavy atom. The number of methoxy groups -OCH3 is 2. The summed E-state index contributed by atoms with van der Waals surface area (Å²) in [6.07, 6.45) is 13.8. The standard InChI is InChI=1S/C36H53NO9/c1-5-7-9-12-15-18-29(38)19-16-13-10-11-14-17-20-31(36(43,27-44-3)35(41)42)33(39)37-32(34(40)45-4)26-28-21-23-30(24-22-28)46-25-8-6-2/h17,20-24,31-32,43H,5,7,9-16,18-19,25-27H2,1-4H3,(H,37,39)(H,41,42)/t31-,32+,36+/m1/s1. The summed E-state index contributed by atoms with van der Waals surface area (Å²) in [7, 11) is 2.41. The number of ether oxygens (including phenoxy) is 3. The van der Waals surface area contributed by atoms with Crippen LogP contribution in [0.15, 0.2) is 36.4 Å². The van der Waals surface area contributed by atoms with Crippen LogP contribution in [0.4, 0.5) is 0 Å². The van der Waals surface area contributed by atoms with Gasteiger partial charge in [-0.05, 0) is 50.3 Å². The number of carbonyl (C=O) groups excluding carboxylic acids is 3. The number of esters is 1. The maximum absolute atomic E-state index is 13.5. The summed E-state index contributed by atoms with van der Waals surface area (Å²) in [5, 5.41) is 23.5. The smallest absolute Gasteiger partial charge is 0.339 e. The number of nitrogens with one attached hydrogen (secondary N) is 1. The Morgan fingerprint density at radius 3 is 2.15 bits per heavy atom. The van der Waals surface area contributed by atoms with Crippen molar-refractivity contribution in [3.63, 3.8) is 0 Å². The molecule has 0 radical (unpaired) electrons. The minimum Gasteiger partial charge on any atom is -0.481 e. The summed E-state index contributed by atoms with van der Waals surface area (Å²) in [6.45, 7) is 3.47. The summed E-state index contributed by atoms with van der Waals surface area (Å²) < 4.78 is 15.4. The van der Waals surface area contributed by atoms with E-state index < -0.39 is 42.0 Å². The molecule has 1 aromatic rings. The molecule has 256 valence electrons. The van der Waals surface area contributed by atoms with Crippen LogP contribution >= 0.6 is 0 Å². The Labute approximate surface area is 274 Å². The minimum atomic E-state index is -2.58. The third-order valence-corrected chi connectivity index (χ3v) is 7.65. The van der Waals surface area contributed by atoms with E-state index in [-0.39, 0.29) is 13.0 Å². The Bertz CT molecular complexity index is 1150. The number of carboxylic acids is 1. The van der Waals surface area contributed by atoms with Crippen molar-refractivity contribution in [1.29, 1.82) is 0 Å². The van der Waals surface area contributed by atoms with Gasteiger partial charge in [0.2, 0.25) is 5.91 Å². The fourth-order valence-electron chi connectivity index (χ4n) is 4.94. The quantitative estimate of drug-likeness (QED) is 0.0566. The molecule has 0 aliphatic rings. The molecule has 0 fully saturated rings. The average Bonchev–Trinajstić information content (AvgIpc) is 3.04. The van der Waals surface area contributed by atoms with Crippen molar-refractivity contribution in [3.05, 3.63) is 42.0 Å². The fraction of sp³-hybridized carbons (Fsp3) is 0.611. The number of rotatable bonds is 25. The zero-order chi connectivity index (χ0) is 34.2. The average molecular weight is 644 g/mol.